The fourth-order valence-corrected chi connectivity index (χ4v) is 3.04. The molecule has 20 heavy (non-hydrogen) atoms. The number of amides is 1. The van der Waals surface area contributed by atoms with Crippen LogP contribution in [0.25, 0.3) is 0 Å². The molecule has 0 aliphatic heterocycles. The zero-order chi connectivity index (χ0) is 14.9. The molecular weight excluding hydrogens is 350 g/mol. The molecule has 1 amide bonds. The van der Waals surface area contributed by atoms with Crippen LogP contribution in [0.4, 0.5) is 14.5 Å². The Morgan fingerprint density at radius 2 is 1.90 bits per heavy atom. The Bertz CT molecular complexity index is 574. The molecule has 0 spiro atoms. The first-order valence-electron chi connectivity index (χ1n) is 6.13. The first-order valence-corrected chi connectivity index (χ1v) is 7.33. The van der Waals surface area contributed by atoms with E-state index in [2.05, 4.69) is 21.2 Å². The number of anilines is 1. The summed E-state index contributed by atoms with van der Waals surface area (Å²) in [6.45, 7) is 0. The number of hydrogen-bond acceptors (Lipinski definition) is 2. The molecule has 0 saturated heterocycles. The van der Waals surface area contributed by atoms with Gasteiger partial charge in [0.05, 0.1) is 20.6 Å². The maximum Gasteiger partial charge on any atom is 0.237 e. The van der Waals surface area contributed by atoms with Crippen LogP contribution in [0.1, 0.15) is 25.7 Å². The van der Waals surface area contributed by atoms with Gasteiger partial charge in [-0.2, -0.15) is 0 Å². The van der Waals surface area contributed by atoms with Crippen molar-refractivity contribution in [1.82, 2.24) is 0 Å². The molecule has 0 heterocycles. The fraction of sp³-hybridized carbons (Fsp3) is 0.385. The van der Waals surface area contributed by atoms with Crippen LogP contribution >= 0.6 is 28.1 Å². The second-order valence-electron chi connectivity index (χ2n) is 4.85. The second-order valence-corrected chi connectivity index (χ2v) is 6.15. The summed E-state index contributed by atoms with van der Waals surface area (Å²) in [5, 5.41) is 2.40. The summed E-state index contributed by atoms with van der Waals surface area (Å²) in [6, 6.07) is 1.90. The van der Waals surface area contributed by atoms with E-state index in [0.29, 0.717) is 12.8 Å². The molecule has 0 radical (unpaired) electrons. The highest BCUT2D eigenvalue weighted by Crippen LogP contribution is 2.39. The van der Waals surface area contributed by atoms with Gasteiger partial charge in [-0.3, -0.25) is 4.79 Å². The van der Waals surface area contributed by atoms with Crippen molar-refractivity contribution in [2.45, 2.75) is 25.7 Å². The van der Waals surface area contributed by atoms with Crippen LogP contribution in [0.2, 0.25) is 0 Å². The Labute approximate surface area is 129 Å². The number of thiocarbonyl (C=S) groups is 1. The van der Waals surface area contributed by atoms with Gasteiger partial charge in [0, 0.05) is 6.07 Å². The Kier molecular flexibility index (Phi) is 4.39. The molecule has 1 aromatic rings. The lowest BCUT2D eigenvalue weighted by molar-refractivity contribution is -0.122. The molecule has 7 heteroatoms. The number of halogens is 3. The van der Waals surface area contributed by atoms with Crippen LogP contribution in [0.3, 0.4) is 0 Å². The van der Waals surface area contributed by atoms with Gasteiger partial charge in [-0.15, -0.1) is 0 Å². The maximum atomic E-state index is 13.7. The van der Waals surface area contributed by atoms with Crippen LogP contribution < -0.4 is 11.1 Å². The highest BCUT2D eigenvalue weighted by atomic mass is 79.9. The van der Waals surface area contributed by atoms with Crippen molar-refractivity contribution in [2.75, 3.05) is 5.32 Å². The lowest BCUT2D eigenvalue weighted by atomic mass is 9.85. The van der Waals surface area contributed by atoms with Gasteiger partial charge in [0.1, 0.15) is 11.6 Å². The van der Waals surface area contributed by atoms with E-state index in [0.717, 1.165) is 25.0 Å². The standard InChI is InChI=1S/C13H13BrF2N2OS/c14-7-5-9(16)10(6-8(7)15)18-12(19)13(11(17)20)3-1-2-4-13/h5-6H,1-4H2,(H2,17,20)(H,18,19). The minimum absolute atomic E-state index is 0.00192. The van der Waals surface area contributed by atoms with Crippen LogP contribution in [-0.4, -0.2) is 10.9 Å². The van der Waals surface area contributed by atoms with Gasteiger partial charge in [0.25, 0.3) is 0 Å². The predicted octanol–water partition coefficient (Wildman–Crippen LogP) is 3.51. The third kappa shape index (κ3) is 2.69. The highest BCUT2D eigenvalue weighted by molar-refractivity contribution is 9.10. The number of hydrogen-bond donors (Lipinski definition) is 2. The summed E-state index contributed by atoms with van der Waals surface area (Å²) >= 11 is 7.86. The van der Waals surface area contributed by atoms with Crippen molar-refractivity contribution >= 4 is 44.7 Å². The van der Waals surface area contributed by atoms with Gasteiger partial charge in [-0.05, 0) is 34.8 Å². The Balaban J connectivity index is 2.27. The fourth-order valence-electron chi connectivity index (χ4n) is 2.42. The molecule has 3 nitrogen and oxygen atoms in total. The lowest BCUT2D eigenvalue weighted by Crippen LogP contribution is -2.44. The van der Waals surface area contributed by atoms with Crippen molar-refractivity contribution in [3.8, 4) is 0 Å². The molecule has 1 aliphatic rings. The molecule has 108 valence electrons. The number of carbonyl (C=O) groups excluding carboxylic acids is 1. The van der Waals surface area contributed by atoms with E-state index >= 15 is 0 Å². The molecule has 0 bridgehead atoms. The van der Waals surface area contributed by atoms with Crippen molar-refractivity contribution in [3.63, 3.8) is 0 Å². The number of nitrogens with two attached hydrogens (primary N) is 1. The average molecular weight is 363 g/mol. The summed E-state index contributed by atoms with van der Waals surface area (Å²) in [5.74, 6) is -1.84. The van der Waals surface area contributed by atoms with E-state index < -0.39 is 23.0 Å². The van der Waals surface area contributed by atoms with E-state index in [1.54, 1.807) is 0 Å². The van der Waals surface area contributed by atoms with Gasteiger partial charge < -0.3 is 11.1 Å². The SMILES string of the molecule is NC(=S)C1(C(=O)Nc2cc(F)c(Br)cc2F)CCCC1. The van der Waals surface area contributed by atoms with Crippen LogP contribution in [-0.2, 0) is 4.79 Å². The highest BCUT2D eigenvalue weighted by Gasteiger charge is 2.44. The van der Waals surface area contributed by atoms with Crippen LogP contribution in [0.5, 0.6) is 0 Å². The summed E-state index contributed by atoms with van der Waals surface area (Å²) < 4.78 is 27.2. The van der Waals surface area contributed by atoms with Crippen molar-refractivity contribution in [3.05, 3.63) is 28.2 Å². The van der Waals surface area contributed by atoms with E-state index in [4.69, 9.17) is 18.0 Å². The van der Waals surface area contributed by atoms with Crippen molar-refractivity contribution < 1.29 is 13.6 Å². The average Bonchev–Trinajstić information content (AvgIpc) is 2.86. The number of benzene rings is 1. The minimum atomic E-state index is -0.953. The quantitative estimate of drug-likeness (QED) is 0.638. The molecule has 1 aliphatic carbocycles. The third-order valence-electron chi connectivity index (χ3n) is 3.62. The normalized spacial score (nSPS) is 16.9. The summed E-state index contributed by atoms with van der Waals surface area (Å²) in [5.41, 5.74) is 4.51. The smallest absolute Gasteiger partial charge is 0.237 e. The van der Waals surface area contributed by atoms with Gasteiger partial charge in [-0.1, -0.05) is 25.1 Å². The number of nitrogens with one attached hydrogen (secondary N) is 1. The molecule has 0 unspecified atom stereocenters. The predicted molar refractivity (Wildman–Crippen MR) is 80.4 cm³/mol. The van der Waals surface area contributed by atoms with E-state index in [-0.39, 0.29) is 15.1 Å². The second kappa shape index (κ2) is 5.73. The Hall–Kier alpha value is -1.08. The van der Waals surface area contributed by atoms with Gasteiger partial charge in [0.2, 0.25) is 5.91 Å². The summed E-state index contributed by atoms with van der Waals surface area (Å²) in [7, 11) is 0. The van der Waals surface area contributed by atoms with Crippen molar-refractivity contribution in [2.24, 2.45) is 11.1 Å². The monoisotopic (exact) mass is 362 g/mol. The van der Waals surface area contributed by atoms with Crippen molar-refractivity contribution in [1.29, 1.82) is 0 Å². The maximum absolute atomic E-state index is 13.7. The largest absolute Gasteiger partial charge is 0.392 e. The third-order valence-corrected chi connectivity index (χ3v) is 4.62. The molecule has 0 aromatic heterocycles. The summed E-state index contributed by atoms with van der Waals surface area (Å²) in [6.07, 6.45) is 2.74. The van der Waals surface area contributed by atoms with E-state index in [9.17, 15) is 13.6 Å². The summed E-state index contributed by atoms with van der Waals surface area (Å²) in [4.78, 5) is 12.4. The Morgan fingerprint density at radius 1 is 1.30 bits per heavy atom. The first-order chi connectivity index (χ1) is 9.36. The molecular formula is C13H13BrF2N2OS. The van der Waals surface area contributed by atoms with Crippen LogP contribution in [0, 0.1) is 17.0 Å². The van der Waals surface area contributed by atoms with E-state index in [1.165, 1.54) is 0 Å². The lowest BCUT2D eigenvalue weighted by Gasteiger charge is -2.26. The van der Waals surface area contributed by atoms with Gasteiger partial charge in [-0.25, -0.2) is 8.78 Å². The zero-order valence-corrected chi connectivity index (χ0v) is 12.9. The van der Waals surface area contributed by atoms with E-state index in [1.807, 2.05) is 0 Å². The molecule has 3 N–H and O–H groups in total. The number of rotatable bonds is 3. The molecule has 2 rings (SSSR count). The molecule has 1 aromatic carbocycles. The Morgan fingerprint density at radius 3 is 2.45 bits per heavy atom. The minimum Gasteiger partial charge on any atom is -0.392 e. The van der Waals surface area contributed by atoms with Gasteiger partial charge in [0.15, 0.2) is 0 Å². The molecule has 1 fully saturated rings. The topological polar surface area (TPSA) is 55.1 Å². The first kappa shape index (κ1) is 15.3. The molecule has 1 saturated carbocycles. The number of carbonyl (C=O) groups is 1. The molecule has 0 atom stereocenters. The van der Waals surface area contributed by atoms with Crippen LogP contribution in [0.15, 0.2) is 16.6 Å². The zero-order valence-electron chi connectivity index (χ0n) is 10.5. The van der Waals surface area contributed by atoms with Gasteiger partial charge >= 0.3 is 0 Å².